The molecule has 5 nitrogen and oxygen atoms in total. The van der Waals surface area contributed by atoms with Crippen molar-refractivity contribution in [1.29, 1.82) is 0 Å². The average Bonchev–Trinajstić information content (AvgIpc) is 2.91. The molecule has 2 aromatic rings. The van der Waals surface area contributed by atoms with Crippen LogP contribution >= 0.6 is 0 Å². The Hall–Kier alpha value is -2.30. The van der Waals surface area contributed by atoms with Gasteiger partial charge in [0.25, 0.3) is 5.91 Å². The fraction of sp³-hybridized carbons (Fsp3) is 0.333. The fourth-order valence-electron chi connectivity index (χ4n) is 2.32. The Balaban J connectivity index is 1.56. The van der Waals surface area contributed by atoms with E-state index in [-0.39, 0.29) is 11.8 Å². The first-order valence-electron chi connectivity index (χ1n) is 6.64. The van der Waals surface area contributed by atoms with Crippen molar-refractivity contribution in [3.05, 3.63) is 47.3 Å². The summed E-state index contributed by atoms with van der Waals surface area (Å²) in [6.07, 6.45) is 0.911. The number of para-hydroxylation sites is 1. The molecule has 0 radical (unpaired) electrons. The van der Waals surface area contributed by atoms with E-state index in [1.54, 1.807) is 13.0 Å². The number of benzene rings is 1. The summed E-state index contributed by atoms with van der Waals surface area (Å²) in [6.45, 7) is 2.95. The number of rotatable bonds is 3. The minimum absolute atomic E-state index is 0.208. The average molecular weight is 272 g/mol. The van der Waals surface area contributed by atoms with Crippen molar-refractivity contribution in [2.75, 3.05) is 13.2 Å². The van der Waals surface area contributed by atoms with Gasteiger partial charge in [-0.1, -0.05) is 23.4 Å². The number of carbonyl (C=O) groups excluding carboxylic acids is 1. The number of nitrogens with zero attached hydrogens (tertiary/aromatic N) is 1. The first-order chi connectivity index (χ1) is 9.72. The number of nitrogens with one attached hydrogen (secondary N) is 1. The number of carbonyl (C=O) groups is 1. The van der Waals surface area contributed by atoms with Crippen LogP contribution in [0.4, 0.5) is 0 Å². The molecular formula is C15H16N2O3. The van der Waals surface area contributed by atoms with Crippen molar-refractivity contribution in [2.45, 2.75) is 13.3 Å². The largest absolute Gasteiger partial charge is 0.493 e. The highest BCUT2D eigenvalue weighted by molar-refractivity contribution is 5.92. The third-order valence-corrected chi connectivity index (χ3v) is 3.37. The molecule has 3 rings (SSSR count). The van der Waals surface area contributed by atoms with Crippen molar-refractivity contribution in [1.82, 2.24) is 10.5 Å². The lowest BCUT2D eigenvalue weighted by atomic mass is 9.97. The van der Waals surface area contributed by atoms with Gasteiger partial charge < -0.3 is 14.6 Å². The van der Waals surface area contributed by atoms with Gasteiger partial charge in [-0.05, 0) is 25.0 Å². The van der Waals surface area contributed by atoms with Crippen LogP contribution in [0.1, 0.15) is 21.8 Å². The minimum Gasteiger partial charge on any atom is -0.493 e. The Morgan fingerprint density at radius 1 is 1.45 bits per heavy atom. The van der Waals surface area contributed by atoms with Gasteiger partial charge in [-0.2, -0.15) is 0 Å². The van der Waals surface area contributed by atoms with Gasteiger partial charge in [-0.25, -0.2) is 0 Å². The Bertz CT molecular complexity index is 621. The Kier molecular flexibility index (Phi) is 3.41. The second kappa shape index (κ2) is 5.36. The van der Waals surface area contributed by atoms with Crippen LogP contribution in [-0.4, -0.2) is 24.2 Å². The van der Waals surface area contributed by atoms with E-state index in [1.165, 1.54) is 5.56 Å². The molecule has 0 bridgehead atoms. The summed E-state index contributed by atoms with van der Waals surface area (Å²) in [7, 11) is 0. The Labute approximate surface area is 116 Å². The van der Waals surface area contributed by atoms with E-state index in [1.807, 2.05) is 18.2 Å². The molecule has 1 aliphatic heterocycles. The van der Waals surface area contributed by atoms with Crippen LogP contribution in [0.25, 0.3) is 0 Å². The van der Waals surface area contributed by atoms with Gasteiger partial charge in [0, 0.05) is 18.5 Å². The van der Waals surface area contributed by atoms with Gasteiger partial charge >= 0.3 is 0 Å². The van der Waals surface area contributed by atoms with Gasteiger partial charge in [0.1, 0.15) is 11.5 Å². The number of fused-ring (bicyclic) bond motifs is 1. The summed E-state index contributed by atoms with van der Waals surface area (Å²) in [5.41, 5.74) is 1.51. The van der Waals surface area contributed by atoms with Crippen LogP contribution in [0.15, 0.2) is 34.9 Å². The molecule has 2 heterocycles. The summed E-state index contributed by atoms with van der Waals surface area (Å²) in [5, 5.41) is 6.57. The molecule has 1 atom stereocenters. The molecule has 1 N–H and O–H groups in total. The van der Waals surface area contributed by atoms with Gasteiger partial charge in [0.2, 0.25) is 0 Å². The standard InChI is InChI=1S/C15H16N2O3/c1-10-6-13(17-20-10)15(18)16-8-11-7-12-4-2-3-5-14(12)19-9-11/h2-6,11H,7-9H2,1H3,(H,16,18)/t11-/m1/s1. The molecule has 1 aromatic carbocycles. The third-order valence-electron chi connectivity index (χ3n) is 3.37. The molecule has 1 aliphatic rings. The highest BCUT2D eigenvalue weighted by Crippen LogP contribution is 2.26. The summed E-state index contributed by atoms with van der Waals surface area (Å²) < 4.78 is 10.6. The second-order valence-corrected chi connectivity index (χ2v) is 5.02. The predicted octanol–water partition coefficient (Wildman–Crippen LogP) is 1.96. The lowest BCUT2D eigenvalue weighted by molar-refractivity contribution is 0.0930. The van der Waals surface area contributed by atoms with Crippen LogP contribution in [0, 0.1) is 12.8 Å². The molecule has 1 amide bonds. The minimum atomic E-state index is -0.208. The van der Waals surface area contributed by atoms with Crippen molar-refractivity contribution in [3.63, 3.8) is 0 Å². The summed E-state index contributed by atoms with van der Waals surface area (Å²) in [4.78, 5) is 11.9. The number of hydrogen-bond donors (Lipinski definition) is 1. The summed E-state index contributed by atoms with van der Waals surface area (Å²) in [6, 6.07) is 9.63. The molecule has 0 saturated heterocycles. The van der Waals surface area contributed by atoms with E-state index in [0.717, 1.165) is 12.2 Å². The van der Waals surface area contributed by atoms with Crippen LogP contribution in [0.3, 0.4) is 0 Å². The van der Waals surface area contributed by atoms with Gasteiger partial charge in [0.05, 0.1) is 6.61 Å². The molecule has 0 fully saturated rings. The van der Waals surface area contributed by atoms with E-state index in [4.69, 9.17) is 9.26 Å². The molecule has 1 aromatic heterocycles. The smallest absolute Gasteiger partial charge is 0.273 e. The van der Waals surface area contributed by atoms with Crippen molar-refractivity contribution in [3.8, 4) is 5.75 Å². The highest BCUT2D eigenvalue weighted by Gasteiger charge is 2.20. The topological polar surface area (TPSA) is 64.4 Å². The quantitative estimate of drug-likeness (QED) is 0.927. The first-order valence-corrected chi connectivity index (χ1v) is 6.64. The zero-order valence-electron chi connectivity index (χ0n) is 11.3. The molecule has 0 aliphatic carbocycles. The highest BCUT2D eigenvalue weighted by atomic mass is 16.5. The number of amides is 1. The first kappa shape index (κ1) is 12.7. The molecular weight excluding hydrogens is 256 g/mol. The number of hydrogen-bond acceptors (Lipinski definition) is 4. The van der Waals surface area contributed by atoms with Crippen LogP contribution in [0.2, 0.25) is 0 Å². The van der Waals surface area contributed by atoms with E-state index in [9.17, 15) is 4.79 Å². The monoisotopic (exact) mass is 272 g/mol. The molecule has 0 unspecified atom stereocenters. The lowest BCUT2D eigenvalue weighted by Gasteiger charge is -2.25. The van der Waals surface area contributed by atoms with E-state index >= 15 is 0 Å². The number of aryl methyl sites for hydroxylation is 1. The second-order valence-electron chi connectivity index (χ2n) is 5.02. The molecule has 20 heavy (non-hydrogen) atoms. The van der Waals surface area contributed by atoms with Crippen molar-refractivity contribution < 1.29 is 14.1 Å². The maximum absolute atomic E-state index is 11.9. The maximum Gasteiger partial charge on any atom is 0.273 e. The number of aromatic nitrogens is 1. The van der Waals surface area contributed by atoms with E-state index in [0.29, 0.717) is 24.6 Å². The van der Waals surface area contributed by atoms with Crippen molar-refractivity contribution >= 4 is 5.91 Å². The van der Waals surface area contributed by atoms with E-state index in [2.05, 4.69) is 16.5 Å². The van der Waals surface area contributed by atoms with E-state index < -0.39 is 0 Å². The summed E-state index contributed by atoms with van der Waals surface area (Å²) >= 11 is 0. The maximum atomic E-state index is 11.9. The fourth-order valence-corrected chi connectivity index (χ4v) is 2.32. The number of ether oxygens (including phenoxy) is 1. The molecule has 0 saturated carbocycles. The van der Waals surface area contributed by atoms with Crippen LogP contribution < -0.4 is 10.1 Å². The summed E-state index contributed by atoms with van der Waals surface area (Å²) in [5.74, 6) is 1.65. The van der Waals surface area contributed by atoms with Gasteiger partial charge in [0.15, 0.2) is 5.69 Å². The normalized spacial score (nSPS) is 17.1. The zero-order chi connectivity index (χ0) is 13.9. The van der Waals surface area contributed by atoms with Crippen molar-refractivity contribution in [2.24, 2.45) is 5.92 Å². The zero-order valence-corrected chi connectivity index (χ0v) is 11.3. The lowest BCUT2D eigenvalue weighted by Crippen LogP contribution is -2.34. The van der Waals surface area contributed by atoms with Gasteiger partial charge in [-0.15, -0.1) is 0 Å². The molecule has 0 spiro atoms. The van der Waals surface area contributed by atoms with Gasteiger partial charge in [-0.3, -0.25) is 4.79 Å². The molecule has 104 valence electrons. The SMILES string of the molecule is Cc1cc(C(=O)NC[C@@H]2COc3ccccc3C2)no1. The molecule has 5 heteroatoms. The Morgan fingerprint density at radius 2 is 2.30 bits per heavy atom. The van der Waals surface area contributed by atoms with Crippen LogP contribution in [0.5, 0.6) is 5.75 Å². The predicted molar refractivity (Wildman–Crippen MR) is 72.7 cm³/mol. The van der Waals surface area contributed by atoms with Crippen LogP contribution in [-0.2, 0) is 6.42 Å². The Morgan fingerprint density at radius 3 is 3.10 bits per heavy atom. The third kappa shape index (κ3) is 2.66.